The van der Waals surface area contributed by atoms with E-state index in [-0.39, 0.29) is 25.0 Å². The summed E-state index contributed by atoms with van der Waals surface area (Å²) in [4.78, 5) is 28.0. The normalized spacial score (nSPS) is 20.2. The summed E-state index contributed by atoms with van der Waals surface area (Å²) in [5, 5.41) is 12.0. The molecule has 7 heteroatoms. The third-order valence-corrected chi connectivity index (χ3v) is 4.84. The van der Waals surface area contributed by atoms with Gasteiger partial charge in [0.2, 0.25) is 0 Å². The van der Waals surface area contributed by atoms with Crippen LogP contribution in [0.25, 0.3) is 0 Å². The second-order valence-corrected chi connectivity index (χ2v) is 6.30. The maximum absolute atomic E-state index is 12.6. The Hall–Kier alpha value is -2.43. The van der Waals surface area contributed by atoms with Crippen LogP contribution in [-0.4, -0.2) is 53.5 Å². The molecule has 24 heavy (non-hydrogen) atoms. The molecule has 0 aromatic heterocycles. The van der Waals surface area contributed by atoms with Crippen LogP contribution in [0.2, 0.25) is 0 Å². The minimum absolute atomic E-state index is 0.157. The minimum Gasteiger partial charge on any atom is -0.329 e. The van der Waals surface area contributed by atoms with Gasteiger partial charge in [0.25, 0.3) is 5.91 Å². The quantitative estimate of drug-likeness (QED) is 0.780. The van der Waals surface area contributed by atoms with Gasteiger partial charge in [0.05, 0.1) is 11.6 Å². The molecule has 1 aromatic rings. The number of likely N-dealkylation sites (tertiary alicyclic amines) is 1. The number of piperidine rings is 1. The van der Waals surface area contributed by atoms with E-state index in [9.17, 15) is 14.9 Å². The summed E-state index contributed by atoms with van der Waals surface area (Å²) < 4.78 is 0. The number of amides is 3. The molecule has 2 aliphatic rings. The second kappa shape index (κ2) is 6.59. The average Bonchev–Trinajstić information content (AvgIpc) is 2.82. The fourth-order valence-electron chi connectivity index (χ4n) is 3.45. The third kappa shape index (κ3) is 2.86. The molecule has 2 aliphatic heterocycles. The zero-order chi connectivity index (χ0) is 17.2. The van der Waals surface area contributed by atoms with Crippen molar-refractivity contribution < 1.29 is 9.59 Å². The highest BCUT2D eigenvalue weighted by Crippen LogP contribution is 2.30. The number of rotatable bonds is 4. The van der Waals surface area contributed by atoms with Crippen LogP contribution < -0.4 is 11.1 Å². The molecule has 0 bridgehead atoms. The second-order valence-electron chi connectivity index (χ2n) is 6.30. The molecular formula is C17H21N5O2. The predicted octanol–water partition coefficient (Wildman–Crippen LogP) is 0.403. The lowest BCUT2D eigenvalue weighted by Gasteiger charge is -2.37. The molecule has 2 fully saturated rings. The Morgan fingerprint density at radius 2 is 1.96 bits per heavy atom. The van der Waals surface area contributed by atoms with Gasteiger partial charge in [-0.15, -0.1) is 0 Å². The molecule has 7 nitrogen and oxygen atoms in total. The fraction of sp³-hybridized carbons (Fsp3) is 0.471. The van der Waals surface area contributed by atoms with Crippen molar-refractivity contribution in [2.45, 2.75) is 24.9 Å². The van der Waals surface area contributed by atoms with Crippen molar-refractivity contribution in [3.8, 4) is 6.07 Å². The molecule has 3 rings (SSSR count). The van der Waals surface area contributed by atoms with Gasteiger partial charge >= 0.3 is 6.03 Å². The number of hydrogen-bond acceptors (Lipinski definition) is 5. The topological polar surface area (TPSA) is 102 Å². The van der Waals surface area contributed by atoms with E-state index in [4.69, 9.17) is 5.73 Å². The van der Waals surface area contributed by atoms with Gasteiger partial charge in [-0.2, -0.15) is 5.26 Å². The van der Waals surface area contributed by atoms with E-state index in [0.29, 0.717) is 38.0 Å². The molecule has 0 radical (unpaired) electrons. The van der Waals surface area contributed by atoms with Gasteiger partial charge in [0.15, 0.2) is 0 Å². The Labute approximate surface area is 141 Å². The van der Waals surface area contributed by atoms with Crippen molar-refractivity contribution in [3.63, 3.8) is 0 Å². The molecule has 0 saturated carbocycles. The van der Waals surface area contributed by atoms with Crippen LogP contribution >= 0.6 is 0 Å². The van der Waals surface area contributed by atoms with Crippen LogP contribution in [0.5, 0.6) is 0 Å². The molecule has 0 unspecified atom stereocenters. The zero-order valence-corrected chi connectivity index (χ0v) is 13.5. The van der Waals surface area contributed by atoms with Crippen molar-refractivity contribution in [1.29, 1.82) is 5.26 Å². The number of imide groups is 1. The Morgan fingerprint density at radius 3 is 2.62 bits per heavy atom. The predicted molar refractivity (Wildman–Crippen MR) is 87.7 cm³/mol. The Bertz CT molecular complexity index is 688. The zero-order valence-electron chi connectivity index (χ0n) is 13.5. The summed E-state index contributed by atoms with van der Waals surface area (Å²) in [6.45, 7) is 2.59. The Balaban J connectivity index is 1.65. The van der Waals surface area contributed by atoms with Gasteiger partial charge in [0, 0.05) is 32.7 Å². The van der Waals surface area contributed by atoms with E-state index < -0.39 is 5.54 Å². The van der Waals surface area contributed by atoms with Crippen LogP contribution in [0.1, 0.15) is 24.0 Å². The largest absolute Gasteiger partial charge is 0.329 e. The summed E-state index contributed by atoms with van der Waals surface area (Å²) in [6.07, 6.45) is 1.15. The number of benzene rings is 1. The van der Waals surface area contributed by atoms with Crippen molar-refractivity contribution in [2.75, 3.05) is 26.2 Å². The third-order valence-electron chi connectivity index (χ3n) is 4.84. The number of nitriles is 1. The summed E-state index contributed by atoms with van der Waals surface area (Å²) in [5.74, 6) is -0.157. The first-order chi connectivity index (χ1) is 11.6. The first-order valence-corrected chi connectivity index (χ1v) is 8.14. The van der Waals surface area contributed by atoms with Crippen molar-refractivity contribution in [3.05, 3.63) is 35.4 Å². The monoisotopic (exact) mass is 327 g/mol. The number of carbonyl (C=O) groups is 2. The number of urea groups is 1. The number of nitrogens with one attached hydrogen (secondary N) is 1. The van der Waals surface area contributed by atoms with Crippen molar-refractivity contribution in [1.82, 2.24) is 15.1 Å². The van der Waals surface area contributed by atoms with E-state index in [2.05, 4.69) is 16.3 Å². The molecule has 3 N–H and O–H groups in total. The summed E-state index contributed by atoms with van der Waals surface area (Å²) in [6, 6.07) is 9.41. The fourth-order valence-corrected chi connectivity index (χ4v) is 3.45. The van der Waals surface area contributed by atoms with Crippen molar-refractivity contribution >= 4 is 11.9 Å². The molecule has 1 aromatic carbocycles. The summed E-state index contributed by atoms with van der Waals surface area (Å²) in [7, 11) is 0. The molecule has 3 amide bonds. The lowest BCUT2D eigenvalue weighted by Crippen LogP contribution is -2.54. The van der Waals surface area contributed by atoms with E-state index >= 15 is 0 Å². The number of nitrogens with two attached hydrogens (primary N) is 1. The SMILES string of the molecule is N#Cc1ccccc1CN1CCC2(CC1)NC(=O)N(CCN)C2=O. The van der Waals surface area contributed by atoms with E-state index in [1.807, 2.05) is 24.3 Å². The smallest absolute Gasteiger partial charge is 0.325 e. The van der Waals surface area contributed by atoms with Gasteiger partial charge in [0.1, 0.15) is 5.54 Å². The highest BCUT2D eigenvalue weighted by Gasteiger charge is 2.51. The molecule has 0 aliphatic carbocycles. The van der Waals surface area contributed by atoms with Gasteiger partial charge in [-0.1, -0.05) is 18.2 Å². The highest BCUT2D eigenvalue weighted by molar-refractivity contribution is 6.07. The van der Waals surface area contributed by atoms with Gasteiger partial charge in [-0.05, 0) is 24.5 Å². The number of hydrogen-bond donors (Lipinski definition) is 2. The Morgan fingerprint density at radius 1 is 1.25 bits per heavy atom. The average molecular weight is 327 g/mol. The van der Waals surface area contributed by atoms with Crippen LogP contribution in [0.3, 0.4) is 0 Å². The first-order valence-electron chi connectivity index (χ1n) is 8.14. The van der Waals surface area contributed by atoms with E-state index in [1.165, 1.54) is 4.90 Å². The first kappa shape index (κ1) is 16.4. The maximum atomic E-state index is 12.6. The van der Waals surface area contributed by atoms with Crippen LogP contribution in [0.4, 0.5) is 4.79 Å². The molecular weight excluding hydrogens is 306 g/mol. The molecule has 2 saturated heterocycles. The molecule has 2 heterocycles. The van der Waals surface area contributed by atoms with E-state index in [1.54, 1.807) is 0 Å². The number of nitrogens with zero attached hydrogens (tertiary/aromatic N) is 3. The minimum atomic E-state index is -0.780. The molecule has 126 valence electrons. The van der Waals surface area contributed by atoms with E-state index in [0.717, 1.165) is 5.56 Å². The van der Waals surface area contributed by atoms with Gasteiger partial charge in [-0.25, -0.2) is 4.79 Å². The Kier molecular flexibility index (Phi) is 4.51. The highest BCUT2D eigenvalue weighted by atomic mass is 16.2. The lowest BCUT2D eigenvalue weighted by atomic mass is 9.87. The van der Waals surface area contributed by atoms with Crippen LogP contribution in [0.15, 0.2) is 24.3 Å². The maximum Gasteiger partial charge on any atom is 0.325 e. The summed E-state index contributed by atoms with van der Waals surface area (Å²) in [5.41, 5.74) is 6.36. The standard InChI is InChI=1S/C17H21N5O2/c18-7-10-22-15(23)17(20-16(22)24)5-8-21(9-6-17)12-14-4-2-1-3-13(14)11-19/h1-4H,5-10,12,18H2,(H,20,24). The lowest BCUT2D eigenvalue weighted by molar-refractivity contribution is -0.132. The molecule has 0 atom stereocenters. The van der Waals surface area contributed by atoms with Crippen LogP contribution in [-0.2, 0) is 11.3 Å². The van der Waals surface area contributed by atoms with Crippen LogP contribution in [0, 0.1) is 11.3 Å². The molecule has 1 spiro atoms. The van der Waals surface area contributed by atoms with Gasteiger partial charge in [-0.3, -0.25) is 14.6 Å². The summed E-state index contributed by atoms with van der Waals surface area (Å²) >= 11 is 0. The van der Waals surface area contributed by atoms with Gasteiger partial charge < -0.3 is 11.1 Å². The number of carbonyl (C=O) groups excluding carboxylic acids is 2. The van der Waals surface area contributed by atoms with Crippen molar-refractivity contribution in [2.24, 2.45) is 5.73 Å².